The van der Waals surface area contributed by atoms with Crippen molar-refractivity contribution in [3.05, 3.63) is 24.2 Å². The molecule has 1 aliphatic rings. The average molecular weight is 505 g/mol. The summed E-state index contributed by atoms with van der Waals surface area (Å²) in [5.41, 5.74) is -0.576. The molecule has 0 saturated carbocycles. The molecule has 9 heteroatoms. The molecular formula is C19H32IN5O3. The Morgan fingerprint density at radius 3 is 2.25 bits per heavy atom. The maximum absolute atomic E-state index is 12.4. The Hall–Kier alpha value is -1.78. The van der Waals surface area contributed by atoms with Gasteiger partial charge in [0.15, 0.2) is 11.7 Å². The molecule has 0 unspecified atom stereocenters. The van der Waals surface area contributed by atoms with Gasteiger partial charge in [0.25, 0.3) is 5.91 Å². The maximum Gasteiger partial charge on any atom is 0.289 e. The third kappa shape index (κ3) is 6.39. The lowest BCUT2D eigenvalue weighted by molar-refractivity contribution is -0.128. The molecule has 0 aromatic carbocycles. The van der Waals surface area contributed by atoms with Gasteiger partial charge in [0.1, 0.15) is 0 Å². The first-order chi connectivity index (χ1) is 12.9. The van der Waals surface area contributed by atoms with Crippen LogP contribution in [0.3, 0.4) is 0 Å². The second kappa shape index (κ2) is 11.3. The van der Waals surface area contributed by atoms with Crippen molar-refractivity contribution < 1.29 is 14.0 Å². The lowest BCUT2D eigenvalue weighted by Crippen LogP contribution is -2.54. The lowest BCUT2D eigenvalue weighted by Gasteiger charge is -2.36. The molecule has 0 radical (unpaired) electrons. The summed E-state index contributed by atoms with van der Waals surface area (Å²) < 4.78 is 5.20. The molecule has 0 aliphatic carbocycles. The quantitative estimate of drug-likeness (QED) is 0.350. The SMILES string of the molecule is CCNC(=O)C(C)(C)CN=C(NCC)N1CCN(C(=O)c2ccco2)CC1.I. The number of nitrogens with zero attached hydrogens (tertiary/aromatic N) is 3. The van der Waals surface area contributed by atoms with Crippen LogP contribution in [0, 0.1) is 5.41 Å². The van der Waals surface area contributed by atoms with E-state index in [1.807, 2.05) is 27.7 Å². The number of halogens is 1. The molecule has 2 N–H and O–H groups in total. The summed E-state index contributed by atoms with van der Waals surface area (Å²) >= 11 is 0. The number of nitrogens with one attached hydrogen (secondary N) is 2. The number of guanidine groups is 1. The number of amides is 2. The van der Waals surface area contributed by atoms with E-state index in [9.17, 15) is 9.59 Å². The number of piperazine rings is 1. The second-order valence-electron chi connectivity index (χ2n) is 7.17. The second-order valence-corrected chi connectivity index (χ2v) is 7.17. The van der Waals surface area contributed by atoms with Gasteiger partial charge < -0.3 is 24.9 Å². The number of carbonyl (C=O) groups excluding carboxylic acids is 2. The predicted octanol–water partition coefficient (Wildman–Crippen LogP) is 1.78. The molecule has 8 nitrogen and oxygen atoms in total. The highest BCUT2D eigenvalue weighted by atomic mass is 127. The van der Waals surface area contributed by atoms with Crippen LogP contribution in [0.5, 0.6) is 0 Å². The van der Waals surface area contributed by atoms with Crippen molar-refractivity contribution in [1.29, 1.82) is 0 Å². The molecule has 1 aromatic heterocycles. The largest absolute Gasteiger partial charge is 0.459 e. The summed E-state index contributed by atoms with van der Waals surface area (Å²) in [6.45, 7) is 12.0. The van der Waals surface area contributed by atoms with Crippen LogP contribution >= 0.6 is 24.0 Å². The van der Waals surface area contributed by atoms with Crippen LogP contribution in [-0.4, -0.2) is 73.4 Å². The highest BCUT2D eigenvalue weighted by molar-refractivity contribution is 14.0. The summed E-state index contributed by atoms with van der Waals surface area (Å²) in [6.07, 6.45) is 1.51. The summed E-state index contributed by atoms with van der Waals surface area (Å²) in [7, 11) is 0. The topological polar surface area (TPSA) is 90.2 Å². The number of aliphatic imine (C=N–C) groups is 1. The van der Waals surface area contributed by atoms with Gasteiger partial charge in [-0.3, -0.25) is 14.6 Å². The predicted molar refractivity (Wildman–Crippen MR) is 120 cm³/mol. The van der Waals surface area contributed by atoms with E-state index in [0.29, 0.717) is 45.0 Å². The van der Waals surface area contributed by atoms with Gasteiger partial charge in [0, 0.05) is 39.3 Å². The van der Waals surface area contributed by atoms with Crippen molar-refractivity contribution in [2.24, 2.45) is 10.4 Å². The van der Waals surface area contributed by atoms with Gasteiger partial charge in [0.2, 0.25) is 5.91 Å². The molecule has 158 valence electrons. The summed E-state index contributed by atoms with van der Waals surface area (Å²) in [6, 6.07) is 3.40. The first-order valence-corrected chi connectivity index (χ1v) is 9.53. The van der Waals surface area contributed by atoms with Crippen molar-refractivity contribution >= 4 is 41.8 Å². The van der Waals surface area contributed by atoms with Crippen molar-refractivity contribution in [3.63, 3.8) is 0 Å². The van der Waals surface area contributed by atoms with E-state index in [0.717, 1.165) is 12.5 Å². The number of furan rings is 1. The average Bonchev–Trinajstić information content (AvgIpc) is 3.19. The molecule has 1 aliphatic heterocycles. The van der Waals surface area contributed by atoms with Crippen molar-refractivity contribution in [3.8, 4) is 0 Å². The lowest BCUT2D eigenvalue weighted by atomic mass is 9.92. The number of hydrogen-bond acceptors (Lipinski definition) is 4. The molecular weight excluding hydrogens is 473 g/mol. The first-order valence-electron chi connectivity index (χ1n) is 9.53. The van der Waals surface area contributed by atoms with Crippen molar-refractivity contribution in [1.82, 2.24) is 20.4 Å². The van der Waals surface area contributed by atoms with Gasteiger partial charge in [-0.2, -0.15) is 0 Å². The third-order valence-corrected chi connectivity index (χ3v) is 4.51. The molecule has 1 aromatic rings. The van der Waals surface area contributed by atoms with Gasteiger partial charge >= 0.3 is 0 Å². The minimum Gasteiger partial charge on any atom is -0.459 e. The highest BCUT2D eigenvalue weighted by Gasteiger charge is 2.29. The maximum atomic E-state index is 12.4. The number of carbonyl (C=O) groups is 2. The van der Waals surface area contributed by atoms with Crippen LogP contribution in [0.15, 0.2) is 27.8 Å². The van der Waals surface area contributed by atoms with Crippen LogP contribution in [-0.2, 0) is 4.79 Å². The minimum absolute atomic E-state index is 0. The Balaban J connectivity index is 0.00000392. The molecule has 1 saturated heterocycles. The standard InChI is InChI=1S/C19H31N5O3.HI/c1-5-20-17(26)19(3,4)14-22-18(21-6-2)24-11-9-23(10-12-24)16(25)15-8-7-13-27-15;/h7-8,13H,5-6,9-12,14H2,1-4H3,(H,20,26)(H,21,22);1H. The van der Waals surface area contributed by atoms with E-state index in [-0.39, 0.29) is 35.8 Å². The summed E-state index contributed by atoms with van der Waals surface area (Å²) in [4.78, 5) is 33.2. The number of rotatable bonds is 6. The van der Waals surface area contributed by atoms with Gasteiger partial charge in [0.05, 0.1) is 18.2 Å². The van der Waals surface area contributed by atoms with Crippen LogP contribution in [0.2, 0.25) is 0 Å². The van der Waals surface area contributed by atoms with Gasteiger partial charge in [-0.25, -0.2) is 0 Å². The van der Waals surface area contributed by atoms with E-state index in [2.05, 4.69) is 20.5 Å². The van der Waals surface area contributed by atoms with Crippen LogP contribution < -0.4 is 10.6 Å². The molecule has 2 amide bonds. The number of hydrogen-bond donors (Lipinski definition) is 2. The van der Waals surface area contributed by atoms with E-state index < -0.39 is 5.41 Å². The Kier molecular flexibility index (Phi) is 9.77. The Labute approximate surface area is 184 Å². The Bertz CT molecular complexity index is 653. The zero-order chi connectivity index (χ0) is 19.9. The molecule has 0 bridgehead atoms. The fourth-order valence-corrected chi connectivity index (χ4v) is 2.85. The van der Waals surface area contributed by atoms with Crippen LogP contribution in [0.25, 0.3) is 0 Å². The van der Waals surface area contributed by atoms with Crippen molar-refractivity contribution in [2.45, 2.75) is 27.7 Å². The monoisotopic (exact) mass is 505 g/mol. The Morgan fingerprint density at radius 2 is 1.71 bits per heavy atom. The van der Waals surface area contributed by atoms with E-state index in [4.69, 9.17) is 4.42 Å². The third-order valence-electron chi connectivity index (χ3n) is 4.51. The van der Waals surface area contributed by atoms with Gasteiger partial charge in [-0.1, -0.05) is 0 Å². The highest BCUT2D eigenvalue weighted by Crippen LogP contribution is 2.16. The van der Waals surface area contributed by atoms with E-state index in [1.165, 1.54) is 6.26 Å². The fourth-order valence-electron chi connectivity index (χ4n) is 2.85. The Morgan fingerprint density at radius 1 is 1.11 bits per heavy atom. The minimum atomic E-state index is -0.576. The first kappa shape index (κ1) is 24.3. The van der Waals surface area contributed by atoms with Crippen LogP contribution in [0.1, 0.15) is 38.2 Å². The normalized spacial score (nSPS) is 15.1. The molecule has 0 atom stereocenters. The molecule has 0 spiro atoms. The van der Waals surface area contributed by atoms with E-state index in [1.54, 1.807) is 17.0 Å². The van der Waals surface area contributed by atoms with Gasteiger partial charge in [-0.15, -0.1) is 24.0 Å². The summed E-state index contributed by atoms with van der Waals surface area (Å²) in [5, 5.41) is 6.15. The summed E-state index contributed by atoms with van der Waals surface area (Å²) in [5.74, 6) is 1.06. The van der Waals surface area contributed by atoms with Crippen molar-refractivity contribution in [2.75, 3.05) is 45.8 Å². The zero-order valence-corrected chi connectivity index (χ0v) is 19.5. The fraction of sp³-hybridized carbons (Fsp3) is 0.632. The van der Waals surface area contributed by atoms with Crippen LogP contribution in [0.4, 0.5) is 0 Å². The molecule has 28 heavy (non-hydrogen) atoms. The zero-order valence-electron chi connectivity index (χ0n) is 17.2. The molecule has 1 fully saturated rings. The molecule has 2 rings (SSSR count). The molecule has 2 heterocycles. The van der Waals surface area contributed by atoms with E-state index >= 15 is 0 Å². The van der Waals surface area contributed by atoms with Gasteiger partial charge in [-0.05, 0) is 39.8 Å². The smallest absolute Gasteiger partial charge is 0.289 e.